The Labute approximate surface area is 253 Å². The average Bonchev–Trinajstić information content (AvgIpc) is 3.07. The lowest BCUT2D eigenvalue weighted by molar-refractivity contribution is -0.329. The SMILES string of the molecule is OCCO[C@@H]1O[C@H](COCc2ccccc2)[C@@H](OCc2ccccc2)[C@H](OCc2ccccc2)[C@H]1OCc1ccccc1. The van der Waals surface area contributed by atoms with Gasteiger partial charge in [0.2, 0.25) is 0 Å². The summed E-state index contributed by atoms with van der Waals surface area (Å²) in [7, 11) is 0. The second kappa shape index (κ2) is 17.0. The highest BCUT2D eigenvalue weighted by Crippen LogP contribution is 2.31. The van der Waals surface area contributed by atoms with Gasteiger partial charge in [-0.05, 0) is 22.3 Å². The van der Waals surface area contributed by atoms with Crippen LogP contribution in [0.1, 0.15) is 22.3 Å². The fourth-order valence-corrected chi connectivity index (χ4v) is 5.05. The van der Waals surface area contributed by atoms with E-state index in [9.17, 15) is 5.11 Å². The molecule has 5 rings (SSSR count). The van der Waals surface area contributed by atoms with Crippen molar-refractivity contribution in [2.75, 3.05) is 19.8 Å². The van der Waals surface area contributed by atoms with Crippen LogP contribution in [0, 0.1) is 0 Å². The van der Waals surface area contributed by atoms with Crippen LogP contribution in [0.25, 0.3) is 0 Å². The van der Waals surface area contributed by atoms with Gasteiger partial charge in [0.25, 0.3) is 0 Å². The number of aliphatic hydroxyl groups excluding tert-OH is 1. The largest absolute Gasteiger partial charge is 0.394 e. The van der Waals surface area contributed by atoms with Crippen molar-refractivity contribution in [3.8, 4) is 0 Å². The quantitative estimate of drug-likeness (QED) is 0.181. The minimum Gasteiger partial charge on any atom is -0.394 e. The lowest BCUT2D eigenvalue weighted by Crippen LogP contribution is -2.61. The summed E-state index contributed by atoms with van der Waals surface area (Å²) >= 11 is 0. The zero-order valence-corrected chi connectivity index (χ0v) is 24.3. The van der Waals surface area contributed by atoms with Crippen molar-refractivity contribution in [3.63, 3.8) is 0 Å². The first-order valence-corrected chi connectivity index (χ1v) is 14.8. The third-order valence-electron chi connectivity index (χ3n) is 7.21. The lowest BCUT2D eigenvalue weighted by atomic mass is 9.97. The van der Waals surface area contributed by atoms with Crippen LogP contribution in [-0.2, 0) is 54.8 Å². The summed E-state index contributed by atoms with van der Waals surface area (Å²) in [5, 5.41) is 9.60. The molecule has 0 saturated carbocycles. The molecule has 0 aromatic heterocycles. The molecule has 0 radical (unpaired) electrons. The molecule has 0 aliphatic carbocycles. The van der Waals surface area contributed by atoms with Crippen LogP contribution in [0.3, 0.4) is 0 Å². The van der Waals surface area contributed by atoms with Gasteiger partial charge in [-0.15, -0.1) is 0 Å². The summed E-state index contributed by atoms with van der Waals surface area (Å²) in [5.74, 6) is 0. The topological polar surface area (TPSA) is 75.6 Å². The Bertz CT molecular complexity index is 1290. The van der Waals surface area contributed by atoms with Crippen molar-refractivity contribution in [1.29, 1.82) is 0 Å². The minimum atomic E-state index is -0.807. The summed E-state index contributed by atoms with van der Waals surface area (Å²) < 4.78 is 38.5. The second-order valence-corrected chi connectivity index (χ2v) is 10.4. The van der Waals surface area contributed by atoms with E-state index in [1.165, 1.54) is 0 Å². The smallest absolute Gasteiger partial charge is 0.187 e. The summed E-state index contributed by atoms with van der Waals surface area (Å²) in [6.45, 7) is 1.68. The predicted octanol–water partition coefficient (Wildman–Crippen LogP) is 5.69. The normalized spacial score (nSPS) is 21.9. The van der Waals surface area contributed by atoms with Crippen LogP contribution in [-0.4, -0.2) is 55.6 Å². The monoisotopic (exact) mass is 584 g/mol. The van der Waals surface area contributed by atoms with Gasteiger partial charge >= 0.3 is 0 Å². The Kier molecular flexibility index (Phi) is 12.3. The van der Waals surface area contributed by atoms with Gasteiger partial charge < -0.3 is 33.5 Å². The third kappa shape index (κ3) is 9.55. The molecule has 7 heteroatoms. The summed E-state index contributed by atoms with van der Waals surface area (Å²) in [6, 6.07) is 40.0. The highest BCUT2D eigenvalue weighted by molar-refractivity contribution is 5.16. The third-order valence-corrected chi connectivity index (χ3v) is 7.21. The Morgan fingerprint density at radius 3 is 1.37 bits per heavy atom. The van der Waals surface area contributed by atoms with Crippen LogP contribution in [0.2, 0.25) is 0 Å². The van der Waals surface area contributed by atoms with Crippen molar-refractivity contribution in [2.24, 2.45) is 0 Å². The van der Waals surface area contributed by atoms with Gasteiger partial charge in [0.05, 0.1) is 46.2 Å². The Hall–Kier alpha value is -3.40. The van der Waals surface area contributed by atoms with Gasteiger partial charge in [-0.1, -0.05) is 121 Å². The average molecular weight is 585 g/mol. The maximum Gasteiger partial charge on any atom is 0.187 e. The van der Waals surface area contributed by atoms with Gasteiger partial charge in [0.1, 0.15) is 24.4 Å². The molecule has 0 amide bonds. The number of benzene rings is 4. The van der Waals surface area contributed by atoms with Crippen molar-refractivity contribution in [2.45, 2.75) is 57.1 Å². The van der Waals surface area contributed by atoms with Crippen LogP contribution < -0.4 is 0 Å². The van der Waals surface area contributed by atoms with E-state index in [2.05, 4.69) is 0 Å². The number of rotatable bonds is 16. The fourth-order valence-electron chi connectivity index (χ4n) is 5.05. The first-order chi connectivity index (χ1) is 21.3. The van der Waals surface area contributed by atoms with E-state index in [1.807, 2.05) is 121 Å². The van der Waals surface area contributed by atoms with Crippen LogP contribution in [0.5, 0.6) is 0 Å². The van der Waals surface area contributed by atoms with E-state index in [0.717, 1.165) is 22.3 Å². The molecule has 1 fully saturated rings. The van der Waals surface area contributed by atoms with Gasteiger partial charge in [0, 0.05) is 0 Å². The summed E-state index contributed by atoms with van der Waals surface area (Å²) in [6.07, 6.45) is -3.06. The number of aliphatic hydroxyl groups is 1. The number of ether oxygens (including phenoxy) is 6. The van der Waals surface area contributed by atoms with E-state index in [0.29, 0.717) is 26.4 Å². The highest BCUT2D eigenvalue weighted by atomic mass is 16.7. The molecule has 1 saturated heterocycles. The lowest BCUT2D eigenvalue weighted by Gasteiger charge is -2.45. The van der Waals surface area contributed by atoms with E-state index >= 15 is 0 Å². The van der Waals surface area contributed by atoms with E-state index in [4.69, 9.17) is 28.4 Å². The minimum absolute atomic E-state index is 0.0917. The Morgan fingerprint density at radius 1 is 0.488 bits per heavy atom. The molecule has 4 aromatic rings. The zero-order chi connectivity index (χ0) is 29.5. The van der Waals surface area contributed by atoms with E-state index in [-0.39, 0.29) is 19.8 Å². The summed E-state index contributed by atoms with van der Waals surface area (Å²) in [4.78, 5) is 0. The first kappa shape index (κ1) is 31.0. The number of hydrogen-bond donors (Lipinski definition) is 1. The van der Waals surface area contributed by atoms with Gasteiger partial charge in [-0.2, -0.15) is 0 Å². The van der Waals surface area contributed by atoms with Gasteiger partial charge in [-0.3, -0.25) is 0 Å². The van der Waals surface area contributed by atoms with E-state index in [1.54, 1.807) is 0 Å². The highest BCUT2D eigenvalue weighted by Gasteiger charge is 2.49. The molecule has 1 aliphatic rings. The second-order valence-electron chi connectivity index (χ2n) is 10.4. The molecule has 1 heterocycles. The molecule has 4 aromatic carbocycles. The zero-order valence-electron chi connectivity index (χ0n) is 24.3. The predicted molar refractivity (Wildman–Crippen MR) is 163 cm³/mol. The van der Waals surface area contributed by atoms with E-state index < -0.39 is 30.7 Å². The number of hydrogen-bond acceptors (Lipinski definition) is 7. The maximum absolute atomic E-state index is 9.60. The molecular weight excluding hydrogens is 544 g/mol. The first-order valence-electron chi connectivity index (χ1n) is 14.8. The van der Waals surface area contributed by atoms with Crippen molar-refractivity contribution in [1.82, 2.24) is 0 Å². The summed E-state index contributed by atoms with van der Waals surface area (Å²) in [5.41, 5.74) is 4.14. The molecule has 43 heavy (non-hydrogen) atoms. The molecule has 0 bridgehead atoms. The molecule has 0 spiro atoms. The molecule has 226 valence electrons. The Balaban J connectivity index is 1.41. The maximum atomic E-state index is 9.60. The molecule has 1 N–H and O–H groups in total. The van der Waals surface area contributed by atoms with Crippen LogP contribution in [0.15, 0.2) is 121 Å². The molecule has 7 nitrogen and oxygen atoms in total. The van der Waals surface area contributed by atoms with Gasteiger partial charge in [0.15, 0.2) is 6.29 Å². The van der Waals surface area contributed by atoms with Crippen molar-refractivity contribution in [3.05, 3.63) is 144 Å². The van der Waals surface area contributed by atoms with Gasteiger partial charge in [-0.25, -0.2) is 0 Å². The Morgan fingerprint density at radius 2 is 0.907 bits per heavy atom. The van der Waals surface area contributed by atoms with Crippen molar-refractivity contribution >= 4 is 0 Å². The van der Waals surface area contributed by atoms with Crippen molar-refractivity contribution < 1.29 is 33.5 Å². The molecular formula is C36H40O7. The molecule has 0 unspecified atom stereocenters. The van der Waals surface area contributed by atoms with Crippen LogP contribution in [0.4, 0.5) is 0 Å². The van der Waals surface area contributed by atoms with Crippen LogP contribution >= 0.6 is 0 Å². The molecule has 1 aliphatic heterocycles. The fraction of sp³-hybridized carbons (Fsp3) is 0.333. The standard InChI is InChI=1S/C36H40O7/c37-21-22-39-36-35(42-26-31-19-11-4-12-20-31)34(41-25-30-17-9-3-10-18-30)33(40-24-29-15-7-2-8-16-29)32(43-36)27-38-23-28-13-5-1-6-14-28/h1-20,32-37H,21-27H2/t32-,33-,34+,35-,36-/m1/s1. The molecule has 5 atom stereocenters.